The van der Waals surface area contributed by atoms with Crippen LogP contribution in [0.3, 0.4) is 0 Å². The van der Waals surface area contributed by atoms with E-state index in [4.69, 9.17) is 17.3 Å². The second kappa shape index (κ2) is 14.7. The molecule has 2 aliphatic rings. The zero-order valence-electron chi connectivity index (χ0n) is 25.5. The monoisotopic (exact) mass is 679 g/mol. The van der Waals surface area contributed by atoms with Gasteiger partial charge < -0.3 is 35.1 Å². The number of nitrogens with two attached hydrogens (primary N) is 1. The second-order valence-corrected chi connectivity index (χ2v) is 11.7. The number of aromatic nitrogens is 2. The number of hydrogen-bond acceptors (Lipinski definition) is 7. The van der Waals surface area contributed by atoms with Gasteiger partial charge in [0.25, 0.3) is 11.8 Å². The number of carbonyl (C=O) groups is 3. The molecule has 0 aliphatic carbocycles. The molecule has 2 aromatic carbocycles. The lowest BCUT2D eigenvalue weighted by molar-refractivity contribution is -0.138. The van der Waals surface area contributed by atoms with Crippen LogP contribution in [-0.4, -0.2) is 101 Å². The minimum atomic E-state index is -3.34. The third kappa shape index (κ3) is 7.52. The maximum Gasteiger partial charge on any atom is 0.387 e. The molecule has 3 amide bonds. The van der Waals surface area contributed by atoms with Gasteiger partial charge in [0.2, 0.25) is 11.7 Å². The second-order valence-electron chi connectivity index (χ2n) is 11.3. The van der Waals surface area contributed by atoms with Gasteiger partial charge in [-0.3, -0.25) is 14.4 Å². The molecule has 0 atom stereocenters. The molecule has 5 rings (SSSR count). The Labute approximate surface area is 273 Å². The Bertz CT molecular complexity index is 1640. The van der Waals surface area contributed by atoms with Gasteiger partial charge in [-0.2, -0.15) is 13.2 Å². The number of imidazole rings is 1. The zero-order chi connectivity index (χ0) is 33.8. The summed E-state index contributed by atoms with van der Waals surface area (Å²) in [5, 5.41) is 2.71. The van der Waals surface area contributed by atoms with Crippen molar-refractivity contribution in [2.45, 2.75) is 19.5 Å². The molecular weight excluding hydrogens is 646 g/mol. The van der Waals surface area contributed by atoms with Gasteiger partial charge in [-0.15, -0.1) is 0 Å². The molecule has 0 saturated carbocycles. The van der Waals surface area contributed by atoms with Gasteiger partial charge in [0.15, 0.2) is 17.4 Å². The molecule has 0 unspecified atom stereocenters. The molecule has 252 valence electrons. The lowest BCUT2D eigenvalue weighted by Gasteiger charge is -2.38. The highest BCUT2D eigenvalue weighted by molar-refractivity contribution is 6.34. The van der Waals surface area contributed by atoms with Gasteiger partial charge in [-0.1, -0.05) is 11.6 Å². The maximum atomic E-state index is 14.7. The summed E-state index contributed by atoms with van der Waals surface area (Å²) in [5.41, 5.74) is 5.80. The van der Waals surface area contributed by atoms with Gasteiger partial charge in [0, 0.05) is 63.5 Å². The molecule has 0 bridgehead atoms. The summed E-state index contributed by atoms with van der Waals surface area (Å²) in [6, 6.07) is 6.28. The summed E-state index contributed by atoms with van der Waals surface area (Å²) < 4.78 is 59.1. The molecule has 0 spiro atoms. The Balaban J connectivity index is 1.18. The number of anilines is 1. The molecular formula is C31H34ClF4N7O4. The standard InChI is InChI=1S/C31H34ClF4N7O4/c1-40-23(21-4-5-24(47-31(35)36)26(34)25(21)33)17-38-27(40)28(44)39-19-2-3-20(22(32)16-19)30(46)43-14-12-42(13-15-43)29(45)18-6-9-41(10-7-18)11-8-37/h2-5,16-18,31H,6-15,37H2,1H3,(H,39,44). The van der Waals surface area contributed by atoms with Crippen LogP contribution in [0.1, 0.15) is 33.8 Å². The van der Waals surface area contributed by atoms with Gasteiger partial charge in [0.05, 0.1) is 22.5 Å². The summed E-state index contributed by atoms with van der Waals surface area (Å²) in [4.78, 5) is 49.1. The molecule has 2 aliphatic heterocycles. The Morgan fingerprint density at radius 3 is 2.34 bits per heavy atom. The van der Waals surface area contributed by atoms with Crippen molar-refractivity contribution in [3.05, 3.63) is 64.6 Å². The van der Waals surface area contributed by atoms with Crippen molar-refractivity contribution in [2.75, 3.05) is 57.7 Å². The highest BCUT2D eigenvalue weighted by atomic mass is 35.5. The number of hydrogen-bond donors (Lipinski definition) is 2. The fourth-order valence-electron chi connectivity index (χ4n) is 5.89. The first-order valence-electron chi connectivity index (χ1n) is 15.0. The van der Waals surface area contributed by atoms with Crippen LogP contribution in [0.2, 0.25) is 5.02 Å². The lowest BCUT2D eigenvalue weighted by Crippen LogP contribution is -2.53. The Morgan fingerprint density at radius 2 is 1.70 bits per heavy atom. The van der Waals surface area contributed by atoms with Crippen molar-refractivity contribution in [2.24, 2.45) is 18.7 Å². The Hall–Kier alpha value is -4.21. The average molecular weight is 680 g/mol. The van der Waals surface area contributed by atoms with Crippen molar-refractivity contribution in [3.8, 4) is 17.0 Å². The Morgan fingerprint density at radius 1 is 1.02 bits per heavy atom. The summed E-state index contributed by atoms with van der Waals surface area (Å²) >= 11 is 6.45. The van der Waals surface area contributed by atoms with E-state index in [1.807, 2.05) is 4.90 Å². The molecule has 47 heavy (non-hydrogen) atoms. The topological polar surface area (TPSA) is 126 Å². The summed E-state index contributed by atoms with van der Waals surface area (Å²) in [6.45, 7) is 1.36. The fraction of sp³-hybridized carbons (Fsp3) is 0.419. The number of carbonyl (C=O) groups excluding carboxylic acids is 3. The number of benzene rings is 2. The number of piperazine rings is 1. The quantitative estimate of drug-likeness (QED) is 0.330. The van der Waals surface area contributed by atoms with E-state index in [2.05, 4.69) is 19.9 Å². The Kier molecular flexibility index (Phi) is 10.7. The molecule has 3 N–H and O–H groups in total. The number of nitrogens with zero attached hydrogens (tertiary/aromatic N) is 5. The van der Waals surface area contributed by atoms with E-state index >= 15 is 0 Å². The number of amides is 3. The normalized spacial score (nSPS) is 16.1. The van der Waals surface area contributed by atoms with E-state index in [1.165, 1.54) is 29.8 Å². The third-order valence-electron chi connectivity index (χ3n) is 8.45. The predicted octanol–water partition coefficient (Wildman–Crippen LogP) is 3.83. The van der Waals surface area contributed by atoms with Crippen LogP contribution in [-0.2, 0) is 11.8 Å². The number of nitrogens with one attached hydrogen (secondary N) is 1. The smallest absolute Gasteiger partial charge is 0.387 e. The molecule has 1 aromatic heterocycles. The van der Waals surface area contributed by atoms with E-state index in [1.54, 1.807) is 4.90 Å². The van der Waals surface area contributed by atoms with Crippen LogP contribution in [0.5, 0.6) is 5.75 Å². The highest BCUT2D eigenvalue weighted by Crippen LogP contribution is 2.31. The van der Waals surface area contributed by atoms with Crippen LogP contribution in [0.4, 0.5) is 23.2 Å². The molecule has 11 nitrogen and oxygen atoms in total. The molecule has 0 radical (unpaired) electrons. The maximum absolute atomic E-state index is 14.7. The van der Waals surface area contributed by atoms with Crippen molar-refractivity contribution in [1.82, 2.24) is 24.3 Å². The van der Waals surface area contributed by atoms with Crippen molar-refractivity contribution >= 4 is 35.0 Å². The largest absolute Gasteiger partial charge is 0.432 e. The number of alkyl halides is 2. The highest BCUT2D eigenvalue weighted by Gasteiger charge is 2.32. The minimum absolute atomic E-state index is 0.00353. The zero-order valence-corrected chi connectivity index (χ0v) is 26.3. The van der Waals surface area contributed by atoms with Crippen LogP contribution in [0, 0.1) is 17.6 Å². The van der Waals surface area contributed by atoms with Crippen LogP contribution in [0.25, 0.3) is 11.3 Å². The van der Waals surface area contributed by atoms with Gasteiger partial charge >= 0.3 is 6.61 Å². The average Bonchev–Trinajstić information content (AvgIpc) is 3.44. The molecule has 3 heterocycles. The SMILES string of the molecule is Cn1c(-c2ccc(OC(F)F)c(F)c2F)cnc1C(=O)Nc1ccc(C(=O)N2CCN(C(=O)C3CCN(CCN)CC3)CC2)c(Cl)c1. The minimum Gasteiger partial charge on any atom is -0.432 e. The van der Waals surface area contributed by atoms with E-state index in [0.29, 0.717) is 32.7 Å². The number of ether oxygens (including phenoxy) is 1. The molecule has 2 saturated heterocycles. The first-order chi connectivity index (χ1) is 22.5. The molecule has 2 fully saturated rings. The first kappa shape index (κ1) is 34.1. The van der Waals surface area contributed by atoms with Crippen molar-refractivity contribution in [3.63, 3.8) is 0 Å². The van der Waals surface area contributed by atoms with E-state index < -0.39 is 29.9 Å². The van der Waals surface area contributed by atoms with Crippen molar-refractivity contribution < 1.29 is 36.7 Å². The number of likely N-dealkylation sites (tertiary alicyclic amines) is 1. The number of rotatable bonds is 9. The predicted molar refractivity (Wildman–Crippen MR) is 165 cm³/mol. The first-order valence-corrected chi connectivity index (χ1v) is 15.4. The molecule has 3 aromatic rings. The van der Waals surface area contributed by atoms with Gasteiger partial charge in [0.1, 0.15) is 0 Å². The van der Waals surface area contributed by atoms with Crippen molar-refractivity contribution in [1.29, 1.82) is 0 Å². The van der Waals surface area contributed by atoms with Gasteiger partial charge in [-0.25, -0.2) is 9.37 Å². The number of piperidine rings is 1. The van der Waals surface area contributed by atoms with E-state index in [0.717, 1.165) is 50.8 Å². The summed E-state index contributed by atoms with van der Waals surface area (Å²) in [5.74, 6) is -5.09. The van der Waals surface area contributed by atoms with Crippen LogP contribution < -0.4 is 15.8 Å². The number of halogens is 5. The van der Waals surface area contributed by atoms with Gasteiger partial charge in [-0.05, 0) is 56.3 Å². The van der Waals surface area contributed by atoms with Crippen LogP contribution >= 0.6 is 11.6 Å². The summed E-state index contributed by atoms with van der Waals surface area (Å²) in [7, 11) is 1.40. The van der Waals surface area contributed by atoms with E-state index in [-0.39, 0.29) is 51.1 Å². The van der Waals surface area contributed by atoms with Crippen LogP contribution in [0.15, 0.2) is 36.5 Å². The fourth-order valence-corrected chi connectivity index (χ4v) is 6.15. The molecule has 16 heteroatoms. The summed E-state index contributed by atoms with van der Waals surface area (Å²) in [6.07, 6.45) is 2.73. The van der Waals surface area contributed by atoms with E-state index in [9.17, 15) is 31.9 Å². The lowest BCUT2D eigenvalue weighted by atomic mass is 9.95. The third-order valence-corrected chi connectivity index (χ3v) is 8.76.